The molecule has 0 saturated carbocycles. The second-order valence-corrected chi connectivity index (χ2v) is 6.50. The van der Waals surface area contributed by atoms with Crippen LogP contribution in [0.5, 0.6) is 5.75 Å². The van der Waals surface area contributed by atoms with Crippen LogP contribution in [0.1, 0.15) is 11.5 Å². The van der Waals surface area contributed by atoms with Crippen molar-refractivity contribution in [2.24, 2.45) is 0 Å². The molecule has 3 rings (SSSR count). The summed E-state index contributed by atoms with van der Waals surface area (Å²) in [4.78, 5) is 4.32. The van der Waals surface area contributed by atoms with Gasteiger partial charge in [-0.25, -0.2) is 4.39 Å². The number of para-hydroxylation sites is 1. The number of allylic oxidation sites excluding steroid dienone is 1. The van der Waals surface area contributed by atoms with Gasteiger partial charge in [0.15, 0.2) is 22.5 Å². The molecule has 0 aliphatic carbocycles. The number of thioether (sulfide) groups is 1. The monoisotopic (exact) mass is 370 g/mol. The van der Waals surface area contributed by atoms with Crippen molar-refractivity contribution in [1.82, 2.24) is 19.7 Å². The number of pyridine rings is 1. The van der Waals surface area contributed by atoms with Crippen molar-refractivity contribution >= 4 is 11.8 Å². The molecule has 2 aromatic heterocycles. The van der Waals surface area contributed by atoms with Crippen molar-refractivity contribution < 1.29 is 9.13 Å². The van der Waals surface area contributed by atoms with Gasteiger partial charge in [0.25, 0.3) is 0 Å². The number of nitrogens with zero attached hydrogens (tertiary/aromatic N) is 4. The first-order valence-corrected chi connectivity index (χ1v) is 9.19. The van der Waals surface area contributed by atoms with E-state index in [9.17, 15) is 4.39 Å². The Bertz CT molecular complexity index is 854. The van der Waals surface area contributed by atoms with Gasteiger partial charge in [0.05, 0.1) is 0 Å². The standard InChI is InChI=1S/C19H19FN4OS/c1-2-12-24-18(14-25-17-9-4-3-8-16(17)20)22-23-19(24)26-13-10-15-7-5-6-11-21-15/h2-9,11H,1,10,12-14H2. The van der Waals surface area contributed by atoms with Crippen LogP contribution in [0.25, 0.3) is 0 Å². The number of halogens is 1. The van der Waals surface area contributed by atoms with Crippen LogP contribution in [0.3, 0.4) is 0 Å². The topological polar surface area (TPSA) is 52.8 Å². The van der Waals surface area contributed by atoms with Crippen LogP contribution in [0.2, 0.25) is 0 Å². The number of aromatic nitrogens is 4. The van der Waals surface area contributed by atoms with Gasteiger partial charge in [-0.05, 0) is 30.7 Å². The predicted molar refractivity (Wildman–Crippen MR) is 99.6 cm³/mol. The molecule has 0 spiro atoms. The summed E-state index contributed by atoms with van der Waals surface area (Å²) in [6.07, 6.45) is 4.41. The molecular formula is C19H19FN4OS. The molecule has 0 aliphatic rings. The number of aryl methyl sites for hydroxylation is 1. The van der Waals surface area contributed by atoms with Gasteiger partial charge >= 0.3 is 0 Å². The van der Waals surface area contributed by atoms with Crippen LogP contribution in [0.15, 0.2) is 66.5 Å². The first-order chi connectivity index (χ1) is 12.8. The van der Waals surface area contributed by atoms with Gasteiger partial charge < -0.3 is 4.74 Å². The van der Waals surface area contributed by atoms with Crippen LogP contribution in [-0.4, -0.2) is 25.5 Å². The van der Waals surface area contributed by atoms with E-state index in [1.165, 1.54) is 6.07 Å². The predicted octanol–water partition coefficient (Wildman–Crippen LogP) is 3.91. The van der Waals surface area contributed by atoms with Gasteiger partial charge in [0.1, 0.15) is 6.61 Å². The Morgan fingerprint density at radius 1 is 1.15 bits per heavy atom. The lowest BCUT2D eigenvalue weighted by molar-refractivity contribution is 0.275. The fourth-order valence-electron chi connectivity index (χ4n) is 2.34. The van der Waals surface area contributed by atoms with Crippen LogP contribution in [-0.2, 0) is 19.6 Å². The van der Waals surface area contributed by atoms with Gasteiger partial charge in [-0.2, -0.15) is 0 Å². The highest BCUT2D eigenvalue weighted by molar-refractivity contribution is 7.99. The van der Waals surface area contributed by atoms with Crippen molar-refractivity contribution in [1.29, 1.82) is 0 Å². The zero-order chi connectivity index (χ0) is 18.2. The zero-order valence-corrected chi connectivity index (χ0v) is 15.0. The zero-order valence-electron chi connectivity index (χ0n) is 14.2. The highest BCUT2D eigenvalue weighted by Crippen LogP contribution is 2.21. The van der Waals surface area contributed by atoms with E-state index in [1.54, 1.807) is 42.2 Å². The van der Waals surface area contributed by atoms with E-state index in [0.717, 1.165) is 23.0 Å². The van der Waals surface area contributed by atoms with E-state index < -0.39 is 5.82 Å². The summed E-state index contributed by atoms with van der Waals surface area (Å²) in [5, 5.41) is 9.21. The molecule has 0 bridgehead atoms. The Kier molecular flexibility index (Phi) is 6.38. The summed E-state index contributed by atoms with van der Waals surface area (Å²) in [7, 11) is 0. The molecule has 0 radical (unpaired) electrons. The smallest absolute Gasteiger partial charge is 0.191 e. The minimum Gasteiger partial charge on any atom is -0.483 e. The van der Waals surface area contributed by atoms with E-state index in [-0.39, 0.29) is 12.4 Å². The number of hydrogen-bond donors (Lipinski definition) is 0. The van der Waals surface area contributed by atoms with Gasteiger partial charge in [0.2, 0.25) is 0 Å². The number of rotatable bonds is 9. The summed E-state index contributed by atoms with van der Waals surface area (Å²) in [5.74, 6) is 1.27. The molecule has 0 saturated heterocycles. The number of hydrogen-bond acceptors (Lipinski definition) is 5. The molecular weight excluding hydrogens is 351 g/mol. The molecule has 3 aromatic rings. The van der Waals surface area contributed by atoms with Gasteiger partial charge in [-0.3, -0.25) is 9.55 Å². The molecule has 5 nitrogen and oxygen atoms in total. The van der Waals surface area contributed by atoms with Crippen molar-refractivity contribution in [3.63, 3.8) is 0 Å². The lowest BCUT2D eigenvalue weighted by Gasteiger charge is -2.09. The molecule has 0 unspecified atom stereocenters. The SMILES string of the molecule is C=CCn1c(COc2ccccc2F)nnc1SCCc1ccccn1. The van der Waals surface area contributed by atoms with E-state index in [4.69, 9.17) is 4.74 Å². The quantitative estimate of drug-likeness (QED) is 0.422. The number of benzene rings is 1. The summed E-state index contributed by atoms with van der Waals surface area (Å²) < 4.78 is 21.2. The fourth-order valence-corrected chi connectivity index (χ4v) is 3.27. The van der Waals surface area contributed by atoms with E-state index in [0.29, 0.717) is 12.4 Å². The lowest BCUT2D eigenvalue weighted by atomic mass is 10.3. The molecule has 134 valence electrons. The molecule has 7 heteroatoms. The summed E-state index contributed by atoms with van der Waals surface area (Å²) in [6.45, 7) is 4.49. The van der Waals surface area contributed by atoms with E-state index >= 15 is 0 Å². The van der Waals surface area contributed by atoms with Crippen molar-refractivity contribution in [2.45, 2.75) is 24.7 Å². The minimum atomic E-state index is -0.396. The average molecular weight is 370 g/mol. The molecule has 1 aromatic carbocycles. The van der Waals surface area contributed by atoms with Crippen LogP contribution < -0.4 is 4.74 Å². The molecule has 0 aliphatic heterocycles. The lowest BCUT2D eigenvalue weighted by Crippen LogP contribution is -2.08. The Morgan fingerprint density at radius 2 is 2.00 bits per heavy atom. The molecule has 0 fully saturated rings. The molecule has 0 atom stereocenters. The summed E-state index contributed by atoms with van der Waals surface area (Å²) in [6, 6.07) is 12.2. The maximum Gasteiger partial charge on any atom is 0.191 e. The molecule has 2 heterocycles. The first kappa shape index (κ1) is 18.1. The summed E-state index contributed by atoms with van der Waals surface area (Å²) >= 11 is 1.60. The second-order valence-electron chi connectivity index (χ2n) is 5.44. The fraction of sp³-hybridized carbons (Fsp3) is 0.211. The number of ether oxygens (including phenoxy) is 1. The highest BCUT2D eigenvalue weighted by atomic mass is 32.2. The average Bonchev–Trinajstić information content (AvgIpc) is 3.04. The third-order valence-electron chi connectivity index (χ3n) is 3.61. The van der Waals surface area contributed by atoms with Gasteiger partial charge in [0, 0.05) is 24.2 Å². The first-order valence-electron chi connectivity index (χ1n) is 8.21. The Morgan fingerprint density at radius 3 is 2.77 bits per heavy atom. The Labute approximate surface area is 155 Å². The van der Waals surface area contributed by atoms with Gasteiger partial charge in [-0.1, -0.05) is 36.0 Å². The van der Waals surface area contributed by atoms with Crippen LogP contribution >= 0.6 is 11.8 Å². The second kappa shape index (κ2) is 9.15. The maximum atomic E-state index is 13.7. The van der Waals surface area contributed by atoms with Crippen molar-refractivity contribution in [2.75, 3.05) is 5.75 Å². The van der Waals surface area contributed by atoms with Crippen molar-refractivity contribution in [3.8, 4) is 5.75 Å². The maximum absolute atomic E-state index is 13.7. The van der Waals surface area contributed by atoms with E-state index in [1.807, 2.05) is 22.8 Å². The van der Waals surface area contributed by atoms with E-state index in [2.05, 4.69) is 21.8 Å². The third kappa shape index (κ3) is 4.70. The Hall–Kier alpha value is -2.67. The van der Waals surface area contributed by atoms with Crippen LogP contribution in [0.4, 0.5) is 4.39 Å². The highest BCUT2D eigenvalue weighted by Gasteiger charge is 2.13. The van der Waals surface area contributed by atoms with Gasteiger partial charge in [-0.15, -0.1) is 16.8 Å². The van der Waals surface area contributed by atoms with Crippen molar-refractivity contribution in [3.05, 3.63) is 78.7 Å². The summed E-state index contributed by atoms with van der Waals surface area (Å²) in [5.41, 5.74) is 1.04. The molecule has 0 N–H and O–H groups in total. The largest absolute Gasteiger partial charge is 0.483 e. The third-order valence-corrected chi connectivity index (χ3v) is 4.58. The Balaban J connectivity index is 1.63. The minimum absolute atomic E-state index is 0.141. The molecule has 26 heavy (non-hydrogen) atoms. The van der Waals surface area contributed by atoms with Crippen LogP contribution in [0, 0.1) is 5.82 Å². The molecule has 0 amide bonds. The normalized spacial score (nSPS) is 10.7.